The molecule has 0 saturated heterocycles. The summed E-state index contributed by atoms with van der Waals surface area (Å²) >= 11 is 1.37. The van der Waals surface area contributed by atoms with Crippen LogP contribution in [0.2, 0.25) is 0 Å². The average molecular weight is 440 g/mol. The third-order valence-corrected chi connectivity index (χ3v) is 6.09. The molecule has 0 saturated carbocycles. The van der Waals surface area contributed by atoms with Crippen LogP contribution in [0, 0.1) is 0 Å². The van der Waals surface area contributed by atoms with E-state index in [1.165, 1.54) is 17.3 Å². The normalized spacial score (nSPS) is 11.1. The first kappa shape index (κ1) is 20.2. The molecule has 0 aliphatic heterocycles. The highest BCUT2D eigenvalue weighted by Gasteiger charge is 2.17. The Morgan fingerprint density at radius 2 is 1.59 bits per heavy atom. The van der Waals surface area contributed by atoms with Gasteiger partial charge in [-0.05, 0) is 24.1 Å². The smallest absolute Gasteiger partial charge is 0.230 e. The number of nitrogens with one attached hydrogen (secondary N) is 1. The maximum absolute atomic E-state index is 12.4. The van der Waals surface area contributed by atoms with Crippen molar-refractivity contribution in [1.82, 2.24) is 24.9 Å². The number of fused-ring (bicyclic) bond motifs is 3. The molecule has 0 spiro atoms. The summed E-state index contributed by atoms with van der Waals surface area (Å²) < 4.78 is 1.94. The van der Waals surface area contributed by atoms with E-state index in [0.717, 1.165) is 34.4 Å². The molecular formula is C25H21N5OS. The third kappa shape index (κ3) is 4.20. The molecule has 7 heteroatoms. The van der Waals surface area contributed by atoms with Crippen molar-refractivity contribution in [3.63, 3.8) is 0 Å². The van der Waals surface area contributed by atoms with Gasteiger partial charge in [-0.3, -0.25) is 9.20 Å². The number of hydrogen-bond donors (Lipinski definition) is 1. The van der Waals surface area contributed by atoms with Gasteiger partial charge in [0.05, 0.1) is 11.3 Å². The molecule has 3 aromatic carbocycles. The third-order valence-electron chi connectivity index (χ3n) is 5.16. The van der Waals surface area contributed by atoms with Crippen LogP contribution >= 0.6 is 11.8 Å². The Hall–Kier alpha value is -3.71. The van der Waals surface area contributed by atoms with Gasteiger partial charge in [-0.2, -0.15) is 0 Å². The number of carbonyl (C=O) groups is 1. The van der Waals surface area contributed by atoms with Crippen molar-refractivity contribution >= 4 is 34.2 Å². The Morgan fingerprint density at radius 1 is 0.875 bits per heavy atom. The number of amides is 1. The zero-order valence-corrected chi connectivity index (χ0v) is 18.1. The van der Waals surface area contributed by atoms with Crippen LogP contribution in [0.1, 0.15) is 5.56 Å². The quantitative estimate of drug-likeness (QED) is 0.381. The van der Waals surface area contributed by atoms with E-state index in [-0.39, 0.29) is 11.7 Å². The van der Waals surface area contributed by atoms with Crippen LogP contribution < -0.4 is 5.32 Å². The predicted octanol–water partition coefficient (Wildman–Crippen LogP) is 4.40. The van der Waals surface area contributed by atoms with Gasteiger partial charge in [0, 0.05) is 17.5 Å². The standard InChI is InChI=1S/C25H21N5OS/c31-22(26-16-15-18-9-3-1-4-10-18)17-32-25-29-28-24-20-13-7-8-14-21(20)27-23(30(24)25)19-11-5-2-6-12-19/h1-14H,15-17H2,(H,26,31). The van der Waals surface area contributed by atoms with Gasteiger partial charge in [-0.15, -0.1) is 10.2 Å². The fourth-order valence-corrected chi connectivity index (χ4v) is 4.37. The Balaban J connectivity index is 1.38. The van der Waals surface area contributed by atoms with Gasteiger partial charge in [0.25, 0.3) is 0 Å². The molecule has 0 aliphatic carbocycles. The minimum absolute atomic E-state index is 0.0299. The first-order chi connectivity index (χ1) is 15.8. The second-order valence-electron chi connectivity index (χ2n) is 7.33. The fourth-order valence-electron chi connectivity index (χ4n) is 3.61. The second-order valence-corrected chi connectivity index (χ2v) is 8.28. The summed E-state index contributed by atoms with van der Waals surface area (Å²) in [5, 5.41) is 13.4. The molecule has 6 nitrogen and oxygen atoms in total. The van der Waals surface area contributed by atoms with E-state index in [1.807, 2.05) is 77.2 Å². The van der Waals surface area contributed by atoms with E-state index < -0.39 is 0 Å². The number of para-hydroxylation sites is 1. The van der Waals surface area contributed by atoms with Crippen molar-refractivity contribution in [2.75, 3.05) is 12.3 Å². The molecule has 0 aliphatic rings. The van der Waals surface area contributed by atoms with Crippen molar-refractivity contribution in [2.24, 2.45) is 0 Å². The Labute approximate surface area is 189 Å². The maximum Gasteiger partial charge on any atom is 0.230 e. The summed E-state index contributed by atoms with van der Waals surface area (Å²) in [6.45, 7) is 0.603. The summed E-state index contributed by atoms with van der Waals surface area (Å²) in [6.07, 6.45) is 0.805. The molecule has 158 valence electrons. The van der Waals surface area contributed by atoms with Crippen molar-refractivity contribution < 1.29 is 4.79 Å². The molecule has 0 bridgehead atoms. The highest BCUT2D eigenvalue weighted by Crippen LogP contribution is 2.28. The summed E-state index contributed by atoms with van der Waals surface area (Å²) in [5.74, 6) is 0.991. The lowest BCUT2D eigenvalue weighted by Crippen LogP contribution is -2.27. The van der Waals surface area contributed by atoms with Crippen LogP contribution in [-0.4, -0.2) is 37.8 Å². The average Bonchev–Trinajstić information content (AvgIpc) is 3.28. The van der Waals surface area contributed by atoms with Gasteiger partial charge in [0.15, 0.2) is 10.8 Å². The summed E-state index contributed by atoms with van der Waals surface area (Å²) in [7, 11) is 0. The number of aromatic nitrogens is 4. The summed E-state index contributed by atoms with van der Waals surface area (Å²) in [5.41, 5.74) is 3.77. The number of thioether (sulfide) groups is 1. The van der Waals surface area contributed by atoms with Gasteiger partial charge < -0.3 is 5.32 Å². The molecule has 0 fully saturated rings. The number of benzene rings is 3. The van der Waals surface area contributed by atoms with Gasteiger partial charge in [-0.25, -0.2) is 4.98 Å². The highest BCUT2D eigenvalue weighted by atomic mass is 32.2. The monoisotopic (exact) mass is 439 g/mol. The molecule has 5 aromatic rings. The predicted molar refractivity (Wildman–Crippen MR) is 128 cm³/mol. The molecule has 1 N–H and O–H groups in total. The van der Waals surface area contributed by atoms with Crippen LogP contribution in [0.4, 0.5) is 0 Å². The molecule has 0 unspecified atom stereocenters. The lowest BCUT2D eigenvalue weighted by molar-refractivity contribution is -0.118. The lowest BCUT2D eigenvalue weighted by Gasteiger charge is -2.09. The number of hydrogen-bond acceptors (Lipinski definition) is 5. The minimum Gasteiger partial charge on any atom is -0.355 e. The lowest BCUT2D eigenvalue weighted by atomic mass is 10.1. The minimum atomic E-state index is -0.0299. The fraction of sp³-hybridized carbons (Fsp3) is 0.120. The number of rotatable bonds is 7. The maximum atomic E-state index is 12.4. The first-order valence-corrected chi connectivity index (χ1v) is 11.4. The Bertz CT molecular complexity index is 1370. The Kier molecular flexibility index (Phi) is 5.81. The van der Waals surface area contributed by atoms with Gasteiger partial charge in [0.2, 0.25) is 5.91 Å². The zero-order chi connectivity index (χ0) is 21.8. The van der Waals surface area contributed by atoms with Crippen LogP contribution in [0.3, 0.4) is 0 Å². The molecule has 32 heavy (non-hydrogen) atoms. The van der Waals surface area contributed by atoms with Crippen molar-refractivity contribution in [3.8, 4) is 11.4 Å². The van der Waals surface area contributed by atoms with Gasteiger partial charge >= 0.3 is 0 Å². The molecule has 2 aromatic heterocycles. The topological polar surface area (TPSA) is 72.2 Å². The van der Waals surface area contributed by atoms with E-state index in [1.54, 1.807) is 0 Å². The SMILES string of the molecule is O=C(CSc1nnc2c3ccccc3nc(-c3ccccc3)n12)NCCc1ccccc1. The van der Waals surface area contributed by atoms with Crippen molar-refractivity contribution in [2.45, 2.75) is 11.6 Å². The zero-order valence-electron chi connectivity index (χ0n) is 17.3. The largest absolute Gasteiger partial charge is 0.355 e. The number of carbonyl (C=O) groups excluding carboxylic acids is 1. The summed E-state index contributed by atoms with van der Waals surface area (Å²) in [6, 6.07) is 28.0. The molecule has 1 amide bonds. The van der Waals surface area contributed by atoms with Gasteiger partial charge in [-0.1, -0.05) is 84.6 Å². The number of nitrogens with zero attached hydrogens (tertiary/aromatic N) is 4. The van der Waals surface area contributed by atoms with Crippen molar-refractivity contribution in [3.05, 3.63) is 90.5 Å². The summed E-state index contributed by atoms with van der Waals surface area (Å²) in [4.78, 5) is 17.3. The van der Waals surface area contributed by atoms with Crippen LogP contribution in [-0.2, 0) is 11.2 Å². The molecule has 0 atom stereocenters. The van der Waals surface area contributed by atoms with Gasteiger partial charge in [0.1, 0.15) is 5.82 Å². The van der Waals surface area contributed by atoms with E-state index in [9.17, 15) is 4.79 Å². The molecule has 5 rings (SSSR count). The first-order valence-electron chi connectivity index (χ1n) is 10.4. The van der Waals surface area contributed by atoms with E-state index >= 15 is 0 Å². The van der Waals surface area contributed by atoms with Crippen LogP contribution in [0.15, 0.2) is 90.1 Å². The molecule has 2 heterocycles. The van der Waals surface area contributed by atoms with E-state index in [4.69, 9.17) is 4.98 Å². The van der Waals surface area contributed by atoms with E-state index in [0.29, 0.717) is 11.7 Å². The molecule has 0 radical (unpaired) electrons. The Morgan fingerprint density at radius 3 is 2.41 bits per heavy atom. The second kappa shape index (κ2) is 9.20. The highest BCUT2D eigenvalue weighted by molar-refractivity contribution is 7.99. The van der Waals surface area contributed by atoms with Crippen LogP contribution in [0.25, 0.3) is 27.9 Å². The van der Waals surface area contributed by atoms with Crippen molar-refractivity contribution in [1.29, 1.82) is 0 Å². The van der Waals surface area contributed by atoms with Crippen LogP contribution in [0.5, 0.6) is 0 Å². The van der Waals surface area contributed by atoms with E-state index in [2.05, 4.69) is 27.6 Å². The molecular weight excluding hydrogens is 418 g/mol.